The number of amides is 1. The normalized spacial score (nSPS) is 13.0. The predicted octanol–water partition coefficient (Wildman–Crippen LogP) is 3.68. The first-order chi connectivity index (χ1) is 14.9. The summed E-state index contributed by atoms with van der Waals surface area (Å²) < 4.78 is 10.8. The first-order valence-electron chi connectivity index (χ1n) is 9.66. The predicted molar refractivity (Wildman–Crippen MR) is 113 cm³/mol. The van der Waals surface area contributed by atoms with Gasteiger partial charge in [0.25, 0.3) is 11.6 Å². The summed E-state index contributed by atoms with van der Waals surface area (Å²) in [7, 11) is 0. The van der Waals surface area contributed by atoms with Crippen LogP contribution in [0, 0.1) is 17.0 Å². The van der Waals surface area contributed by atoms with Gasteiger partial charge in [0, 0.05) is 24.4 Å². The lowest BCUT2D eigenvalue weighted by Crippen LogP contribution is -2.38. The summed E-state index contributed by atoms with van der Waals surface area (Å²) in [4.78, 5) is 42.2. The zero-order valence-corrected chi connectivity index (χ0v) is 17.5. The zero-order chi connectivity index (χ0) is 22.0. The van der Waals surface area contributed by atoms with Gasteiger partial charge in [-0.2, -0.15) is 0 Å². The molecule has 1 aliphatic heterocycles. The van der Waals surface area contributed by atoms with Crippen LogP contribution in [-0.4, -0.2) is 34.9 Å². The van der Waals surface area contributed by atoms with E-state index in [-0.39, 0.29) is 18.0 Å². The maximum atomic E-state index is 12.6. The zero-order valence-electron chi connectivity index (χ0n) is 16.7. The first kappa shape index (κ1) is 20.7. The van der Waals surface area contributed by atoms with Crippen LogP contribution in [0.3, 0.4) is 0 Å². The van der Waals surface area contributed by atoms with Crippen LogP contribution in [0.4, 0.5) is 11.4 Å². The number of thiophene rings is 1. The van der Waals surface area contributed by atoms with Crippen LogP contribution in [-0.2, 0) is 27.2 Å². The van der Waals surface area contributed by atoms with Gasteiger partial charge in [-0.05, 0) is 42.8 Å². The van der Waals surface area contributed by atoms with Crippen molar-refractivity contribution in [2.75, 3.05) is 18.1 Å². The highest BCUT2D eigenvalue weighted by Gasteiger charge is 2.25. The molecule has 1 aliphatic rings. The lowest BCUT2D eigenvalue weighted by molar-refractivity contribution is -0.384. The van der Waals surface area contributed by atoms with Crippen LogP contribution in [0.5, 0.6) is 0 Å². The summed E-state index contributed by atoms with van der Waals surface area (Å²) in [5.41, 5.74) is 1.81. The Morgan fingerprint density at radius 2 is 2.19 bits per heavy atom. The fourth-order valence-corrected chi connectivity index (χ4v) is 4.11. The molecule has 0 radical (unpaired) electrons. The number of ether oxygens (including phenoxy) is 1. The number of hydrogen-bond acceptors (Lipinski definition) is 8. The molecule has 0 atom stereocenters. The van der Waals surface area contributed by atoms with Crippen LogP contribution >= 0.6 is 11.3 Å². The van der Waals surface area contributed by atoms with Crippen molar-refractivity contribution < 1.29 is 23.7 Å². The fourth-order valence-electron chi connectivity index (χ4n) is 3.46. The number of fused-ring (bicyclic) bond motifs is 1. The molecule has 0 spiro atoms. The van der Waals surface area contributed by atoms with Crippen LogP contribution in [0.1, 0.15) is 23.4 Å². The third-order valence-electron chi connectivity index (χ3n) is 4.99. The number of carbonyl (C=O) groups is 2. The Morgan fingerprint density at radius 3 is 2.94 bits per heavy atom. The average Bonchev–Trinajstić information content (AvgIpc) is 3.41. The Labute approximate surface area is 181 Å². The second kappa shape index (κ2) is 8.68. The maximum absolute atomic E-state index is 12.6. The summed E-state index contributed by atoms with van der Waals surface area (Å²) in [6, 6.07) is 8.18. The molecule has 9 nitrogen and oxygen atoms in total. The summed E-state index contributed by atoms with van der Waals surface area (Å²) in [5.74, 6) is 0.0198. The van der Waals surface area contributed by atoms with Gasteiger partial charge in [-0.15, -0.1) is 11.3 Å². The number of rotatable bonds is 6. The molecular weight excluding hydrogens is 422 g/mol. The third kappa shape index (κ3) is 4.48. The van der Waals surface area contributed by atoms with Crippen molar-refractivity contribution in [2.24, 2.45) is 0 Å². The number of nitro groups is 1. The molecule has 4 rings (SSSR count). The quantitative estimate of drug-likeness (QED) is 0.325. The van der Waals surface area contributed by atoms with Crippen LogP contribution in [0.25, 0.3) is 10.8 Å². The van der Waals surface area contributed by atoms with E-state index < -0.39 is 17.5 Å². The molecule has 0 N–H and O–H groups in total. The Balaban J connectivity index is 1.37. The lowest BCUT2D eigenvalue weighted by Gasteiger charge is -2.29. The Bertz CT molecular complexity index is 1140. The lowest BCUT2D eigenvalue weighted by atomic mass is 10.0. The smallest absolute Gasteiger partial charge is 0.312 e. The maximum Gasteiger partial charge on any atom is 0.312 e. The molecule has 0 fully saturated rings. The van der Waals surface area contributed by atoms with Crippen LogP contribution in [0.2, 0.25) is 0 Å². The van der Waals surface area contributed by atoms with Crippen molar-refractivity contribution in [2.45, 2.75) is 26.2 Å². The van der Waals surface area contributed by atoms with Crippen LogP contribution in [0.15, 0.2) is 40.1 Å². The fraction of sp³-hybridized carbons (Fsp3) is 0.286. The molecule has 0 saturated carbocycles. The second-order valence-electron chi connectivity index (χ2n) is 7.06. The van der Waals surface area contributed by atoms with Gasteiger partial charge >= 0.3 is 5.97 Å². The number of carbonyl (C=O) groups excluding carboxylic acids is 2. The van der Waals surface area contributed by atoms with Crippen molar-refractivity contribution in [1.29, 1.82) is 0 Å². The number of hydrogen-bond donors (Lipinski definition) is 0. The van der Waals surface area contributed by atoms with Crippen LogP contribution < -0.4 is 4.90 Å². The van der Waals surface area contributed by atoms with E-state index in [2.05, 4.69) is 4.98 Å². The summed E-state index contributed by atoms with van der Waals surface area (Å²) in [6.45, 7) is 1.78. The average molecular weight is 441 g/mol. The van der Waals surface area contributed by atoms with Gasteiger partial charge in [-0.3, -0.25) is 19.7 Å². The van der Waals surface area contributed by atoms with E-state index >= 15 is 0 Å². The van der Waals surface area contributed by atoms with Crippen molar-refractivity contribution in [3.8, 4) is 10.8 Å². The standard InChI is InChI=1S/C21H19N3O6S/c1-13-16(22-21(30-13)18-5-3-9-31-18)11-20(26)29-12-19(25)23-8-2-4-14-10-15(24(27)28)6-7-17(14)23/h3,5-7,9-10H,2,4,8,11-12H2,1H3. The van der Waals surface area contributed by atoms with E-state index in [1.807, 2.05) is 17.5 Å². The molecule has 0 aliphatic carbocycles. The summed E-state index contributed by atoms with van der Waals surface area (Å²) >= 11 is 1.48. The molecule has 0 bridgehead atoms. The highest BCUT2D eigenvalue weighted by atomic mass is 32.1. The number of non-ortho nitro benzene ring substituents is 1. The molecule has 1 amide bonds. The number of benzene rings is 1. The van der Waals surface area contributed by atoms with Crippen molar-refractivity contribution in [3.05, 3.63) is 62.8 Å². The molecule has 31 heavy (non-hydrogen) atoms. The van der Waals surface area contributed by atoms with E-state index in [1.165, 1.54) is 28.4 Å². The molecule has 2 aromatic heterocycles. The Hall–Kier alpha value is -3.53. The number of aromatic nitrogens is 1. The molecule has 0 unspecified atom stereocenters. The van der Waals surface area contributed by atoms with Gasteiger partial charge in [0.05, 0.1) is 21.9 Å². The molecule has 0 saturated heterocycles. The van der Waals surface area contributed by atoms with E-state index in [0.717, 1.165) is 10.4 Å². The largest absolute Gasteiger partial charge is 0.455 e. The van der Waals surface area contributed by atoms with Crippen molar-refractivity contribution >= 4 is 34.6 Å². The number of nitro benzene ring substituents is 1. The van der Waals surface area contributed by atoms with Gasteiger partial charge in [-0.1, -0.05) is 6.07 Å². The van der Waals surface area contributed by atoms with E-state index in [4.69, 9.17) is 9.15 Å². The first-order valence-corrected chi connectivity index (χ1v) is 10.5. The number of esters is 1. The molecule has 160 valence electrons. The summed E-state index contributed by atoms with van der Waals surface area (Å²) in [6.07, 6.45) is 1.23. The molecule has 3 heterocycles. The topological polar surface area (TPSA) is 116 Å². The highest BCUT2D eigenvalue weighted by molar-refractivity contribution is 7.13. The molecule has 1 aromatic carbocycles. The van der Waals surface area contributed by atoms with Gasteiger partial charge in [0.1, 0.15) is 5.76 Å². The molecular formula is C21H19N3O6S. The number of oxazole rings is 1. The van der Waals surface area contributed by atoms with Gasteiger partial charge in [0.15, 0.2) is 6.61 Å². The summed E-state index contributed by atoms with van der Waals surface area (Å²) in [5, 5.41) is 12.9. The van der Waals surface area contributed by atoms with E-state index in [9.17, 15) is 19.7 Å². The second-order valence-corrected chi connectivity index (χ2v) is 8.00. The van der Waals surface area contributed by atoms with Gasteiger partial charge < -0.3 is 14.1 Å². The molecule has 10 heteroatoms. The number of nitrogens with zero attached hydrogens (tertiary/aromatic N) is 3. The van der Waals surface area contributed by atoms with Gasteiger partial charge in [-0.25, -0.2) is 4.98 Å². The Kier molecular flexibility index (Phi) is 5.81. The van der Waals surface area contributed by atoms with Crippen molar-refractivity contribution in [1.82, 2.24) is 4.98 Å². The number of aryl methyl sites for hydroxylation is 2. The number of anilines is 1. The SMILES string of the molecule is Cc1oc(-c2cccs2)nc1CC(=O)OCC(=O)N1CCCc2cc([N+](=O)[O-])ccc21. The molecule has 3 aromatic rings. The minimum atomic E-state index is -0.580. The Morgan fingerprint density at radius 1 is 1.35 bits per heavy atom. The minimum Gasteiger partial charge on any atom is -0.455 e. The minimum absolute atomic E-state index is 0.00984. The third-order valence-corrected chi connectivity index (χ3v) is 5.84. The van der Waals surface area contributed by atoms with E-state index in [1.54, 1.807) is 13.0 Å². The van der Waals surface area contributed by atoms with Crippen molar-refractivity contribution in [3.63, 3.8) is 0 Å². The highest BCUT2D eigenvalue weighted by Crippen LogP contribution is 2.30. The van der Waals surface area contributed by atoms with E-state index in [0.29, 0.717) is 42.4 Å². The van der Waals surface area contributed by atoms with Gasteiger partial charge in [0.2, 0.25) is 5.89 Å². The monoisotopic (exact) mass is 441 g/mol.